The highest BCUT2D eigenvalue weighted by molar-refractivity contribution is 7.71. The van der Waals surface area contributed by atoms with Gasteiger partial charge in [0, 0.05) is 39.8 Å². The van der Waals surface area contributed by atoms with Gasteiger partial charge in [0.15, 0.2) is 4.77 Å². The van der Waals surface area contributed by atoms with Crippen molar-refractivity contribution >= 4 is 29.5 Å². The summed E-state index contributed by atoms with van der Waals surface area (Å²) in [5, 5.41) is 5.21. The lowest BCUT2D eigenvalue weighted by molar-refractivity contribution is 0.183. The van der Waals surface area contributed by atoms with Gasteiger partial charge in [-0.15, -0.1) is 0 Å². The molecule has 1 aromatic heterocycles. The quantitative estimate of drug-likeness (QED) is 0.733. The fourth-order valence-electron chi connectivity index (χ4n) is 2.84. The second-order valence-electron chi connectivity index (χ2n) is 5.80. The van der Waals surface area contributed by atoms with Gasteiger partial charge in [0.25, 0.3) is 0 Å². The minimum Gasteiger partial charge on any atom is -0.383 e. The maximum absolute atomic E-state index is 6.29. The first-order valence-corrected chi connectivity index (χ1v) is 8.80. The maximum atomic E-state index is 6.29. The molecule has 8 heteroatoms. The molecule has 0 bridgehead atoms. The summed E-state index contributed by atoms with van der Waals surface area (Å²) in [6, 6.07) is 8.00. The maximum Gasteiger partial charge on any atom is 0.198 e. The normalized spacial score (nSPS) is 15.8. The molecule has 2 heterocycles. The third-order valence-electron chi connectivity index (χ3n) is 4.23. The number of rotatable bonds is 6. The highest BCUT2D eigenvalue weighted by atomic mass is 35.5. The first kappa shape index (κ1) is 17.4. The molecule has 0 N–H and O–H groups in total. The van der Waals surface area contributed by atoms with Crippen LogP contribution in [0.4, 0.5) is 5.69 Å². The van der Waals surface area contributed by atoms with Crippen molar-refractivity contribution in [3.05, 3.63) is 40.4 Å². The van der Waals surface area contributed by atoms with Crippen LogP contribution in [0.25, 0.3) is 0 Å². The first-order valence-electron chi connectivity index (χ1n) is 8.02. The van der Waals surface area contributed by atoms with Crippen LogP contribution in [0.3, 0.4) is 0 Å². The molecule has 1 aromatic carbocycles. The van der Waals surface area contributed by atoms with E-state index < -0.39 is 0 Å². The van der Waals surface area contributed by atoms with E-state index in [1.165, 1.54) is 0 Å². The summed E-state index contributed by atoms with van der Waals surface area (Å²) in [4.78, 5) is 4.69. The van der Waals surface area contributed by atoms with Crippen molar-refractivity contribution in [2.24, 2.45) is 0 Å². The van der Waals surface area contributed by atoms with Crippen molar-refractivity contribution in [2.45, 2.75) is 13.2 Å². The minimum absolute atomic E-state index is 0.635. The predicted octanol–water partition coefficient (Wildman–Crippen LogP) is 2.49. The molecule has 0 amide bonds. The standard InChI is InChI=1S/C16H22ClN5OS/c1-23-11-10-21-12-18-22(16(21)24)13-19-6-8-20(9-7-19)15-5-3-2-4-14(15)17/h2-5,12H,6-11,13H2,1H3. The number of methoxy groups -OCH3 is 1. The molecule has 1 fully saturated rings. The molecule has 0 radical (unpaired) electrons. The van der Waals surface area contributed by atoms with Gasteiger partial charge in [-0.1, -0.05) is 23.7 Å². The average molecular weight is 368 g/mol. The summed E-state index contributed by atoms with van der Waals surface area (Å²) in [7, 11) is 1.69. The van der Waals surface area contributed by atoms with Crippen molar-refractivity contribution in [1.29, 1.82) is 0 Å². The van der Waals surface area contributed by atoms with Crippen molar-refractivity contribution in [1.82, 2.24) is 19.2 Å². The van der Waals surface area contributed by atoms with Gasteiger partial charge in [0.1, 0.15) is 6.33 Å². The summed E-state index contributed by atoms with van der Waals surface area (Å²) in [5.41, 5.74) is 1.11. The van der Waals surface area contributed by atoms with Gasteiger partial charge in [0.2, 0.25) is 0 Å². The zero-order chi connectivity index (χ0) is 16.9. The molecule has 0 aliphatic carbocycles. The van der Waals surface area contributed by atoms with Gasteiger partial charge in [-0.2, -0.15) is 5.10 Å². The number of piperazine rings is 1. The van der Waals surface area contributed by atoms with Crippen LogP contribution in [0.1, 0.15) is 0 Å². The van der Waals surface area contributed by atoms with Gasteiger partial charge < -0.3 is 14.2 Å². The van der Waals surface area contributed by atoms with E-state index >= 15 is 0 Å². The average Bonchev–Trinajstić information content (AvgIpc) is 2.94. The van der Waals surface area contributed by atoms with Gasteiger partial charge >= 0.3 is 0 Å². The Bertz CT molecular complexity index is 723. The molecule has 0 atom stereocenters. The fourth-order valence-corrected chi connectivity index (χ4v) is 3.34. The lowest BCUT2D eigenvalue weighted by atomic mass is 10.2. The summed E-state index contributed by atoms with van der Waals surface area (Å²) >= 11 is 11.8. The summed E-state index contributed by atoms with van der Waals surface area (Å²) in [6.07, 6.45) is 1.78. The molecule has 0 unspecified atom stereocenters. The fraction of sp³-hybridized carbons (Fsp3) is 0.500. The van der Waals surface area contributed by atoms with Gasteiger partial charge in [-0.25, -0.2) is 4.68 Å². The van der Waals surface area contributed by atoms with Gasteiger partial charge in [-0.3, -0.25) is 4.90 Å². The van der Waals surface area contributed by atoms with Gasteiger partial charge in [-0.05, 0) is 24.4 Å². The lowest BCUT2D eigenvalue weighted by Gasteiger charge is -2.36. The Morgan fingerprint density at radius 1 is 1.21 bits per heavy atom. The minimum atomic E-state index is 0.635. The number of aromatic nitrogens is 3. The Hall–Kier alpha value is -1.41. The van der Waals surface area contributed by atoms with Crippen LogP contribution in [0, 0.1) is 4.77 Å². The van der Waals surface area contributed by atoms with Crippen LogP contribution in [0.15, 0.2) is 30.6 Å². The summed E-state index contributed by atoms with van der Waals surface area (Å²) in [5.74, 6) is 0. The zero-order valence-corrected chi connectivity index (χ0v) is 15.3. The predicted molar refractivity (Wildman–Crippen MR) is 98.2 cm³/mol. The topological polar surface area (TPSA) is 38.5 Å². The van der Waals surface area contributed by atoms with E-state index in [9.17, 15) is 0 Å². The van der Waals surface area contributed by atoms with Crippen LogP contribution in [0.5, 0.6) is 0 Å². The number of halogens is 1. The monoisotopic (exact) mass is 367 g/mol. The third-order valence-corrected chi connectivity index (χ3v) is 5.00. The molecule has 1 aliphatic heterocycles. The van der Waals surface area contributed by atoms with Crippen molar-refractivity contribution in [3.8, 4) is 0 Å². The first-order chi connectivity index (χ1) is 11.7. The van der Waals surface area contributed by atoms with E-state index in [-0.39, 0.29) is 0 Å². The highest BCUT2D eigenvalue weighted by Gasteiger charge is 2.19. The molecule has 0 spiro atoms. The SMILES string of the molecule is COCCn1cnn(CN2CCN(c3ccccc3Cl)CC2)c1=S. The van der Waals surface area contributed by atoms with Crippen molar-refractivity contribution < 1.29 is 4.74 Å². The molecular formula is C16H22ClN5OS. The second-order valence-corrected chi connectivity index (χ2v) is 6.57. The van der Waals surface area contributed by atoms with E-state index in [2.05, 4.69) is 21.0 Å². The number of nitrogens with zero attached hydrogens (tertiary/aromatic N) is 5. The van der Waals surface area contributed by atoms with Crippen LogP contribution in [-0.2, 0) is 18.0 Å². The van der Waals surface area contributed by atoms with Gasteiger partial charge in [0.05, 0.1) is 24.0 Å². The Balaban J connectivity index is 1.57. The number of ether oxygens (including phenoxy) is 1. The molecule has 0 saturated carbocycles. The Labute approximate surface area is 152 Å². The molecule has 6 nitrogen and oxygen atoms in total. The van der Waals surface area contributed by atoms with Crippen LogP contribution < -0.4 is 4.90 Å². The number of hydrogen-bond donors (Lipinski definition) is 0. The molecule has 1 aliphatic rings. The molecule has 3 rings (SSSR count). The van der Waals surface area contributed by atoms with Crippen LogP contribution in [0.2, 0.25) is 5.02 Å². The molecule has 2 aromatic rings. The summed E-state index contributed by atoms with van der Waals surface area (Å²) < 4.78 is 9.64. The van der Waals surface area contributed by atoms with Crippen LogP contribution in [-0.4, -0.2) is 59.1 Å². The van der Waals surface area contributed by atoms with E-state index in [4.69, 9.17) is 28.6 Å². The molecular weight excluding hydrogens is 346 g/mol. The van der Waals surface area contributed by atoms with E-state index in [0.717, 1.165) is 54.9 Å². The lowest BCUT2D eigenvalue weighted by Crippen LogP contribution is -2.47. The number of hydrogen-bond acceptors (Lipinski definition) is 5. The summed E-state index contributed by atoms with van der Waals surface area (Å²) in [6.45, 7) is 5.89. The number of anilines is 1. The highest BCUT2D eigenvalue weighted by Crippen LogP contribution is 2.26. The number of benzene rings is 1. The smallest absolute Gasteiger partial charge is 0.198 e. The van der Waals surface area contributed by atoms with E-state index in [0.29, 0.717) is 6.61 Å². The second kappa shape index (κ2) is 8.11. The zero-order valence-electron chi connectivity index (χ0n) is 13.8. The van der Waals surface area contributed by atoms with Crippen LogP contribution >= 0.6 is 23.8 Å². The van der Waals surface area contributed by atoms with E-state index in [1.54, 1.807) is 13.4 Å². The Morgan fingerprint density at radius 2 is 1.96 bits per heavy atom. The third kappa shape index (κ3) is 3.97. The Morgan fingerprint density at radius 3 is 2.67 bits per heavy atom. The molecule has 1 saturated heterocycles. The van der Waals surface area contributed by atoms with Crippen molar-refractivity contribution in [2.75, 3.05) is 44.8 Å². The molecule has 130 valence electrons. The Kier molecular flexibility index (Phi) is 5.89. The van der Waals surface area contributed by atoms with Crippen molar-refractivity contribution in [3.63, 3.8) is 0 Å². The largest absolute Gasteiger partial charge is 0.383 e. The van der Waals surface area contributed by atoms with E-state index in [1.807, 2.05) is 27.4 Å². The molecule has 24 heavy (non-hydrogen) atoms. The number of para-hydroxylation sites is 1.